The lowest BCUT2D eigenvalue weighted by Crippen LogP contribution is -2.45. The first kappa shape index (κ1) is 26.0. The highest BCUT2D eigenvalue weighted by atomic mass is 32.1. The van der Waals surface area contributed by atoms with Crippen molar-refractivity contribution in [3.63, 3.8) is 0 Å². The first-order chi connectivity index (χ1) is 18.7. The maximum Gasteiger partial charge on any atom is 0.417 e. The fourth-order valence-corrected chi connectivity index (χ4v) is 7.06. The smallest absolute Gasteiger partial charge is 0.344 e. The Bertz CT molecular complexity index is 1560. The number of aromatic amines is 1. The van der Waals surface area contributed by atoms with Crippen molar-refractivity contribution in [1.82, 2.24) is 25.4 Å². The van der Waals surface area contributed by atoms with Crippen molar-refractivity contribution >= 4 is 43.2 Å². The summed E-state index contributed by atoms with van der Waals surface area (Å²) in [4.78, 5) is 19.2. The van der Waals surface area contributed by atoms with Gasteiger partial charge in [-0.2, -0.15) is 18.3 Å². The molecule has 2 fully saturated rings. The normalized spacial score (nSPS) is 22.8. The third-order valence-electron chi connectivity index (χ3n) is 7.52. The molecule has 0 aliphatic carbocycles. The molecule has 6 heterocycles. The number of fused-ring (bicyclic) bond motifs is 5. The molecule has 0 saturated carbocycles. The summed E-state index contributed by atoms with van der Waals surface area (Å²) in [5.41, 5.74) is 0.221. The number of pyridine rings is 1. The molecule has 8 nitrogen and oxygen atoms in total. The summed E-state index contributed by atoms with van der Waals surface area (Å²) in [6, 6.07) is 3.66. The standard InChI is InChI=1S/C19H14F3N5O2S.C7H12FN/c1-7-5-10-9(6-24-27-10)11(13(7)19(20,21)22)14-15-8(3-4-23-14)12-16(28)25-18(29-2)26-17(12)30-15;8-6-4-7-2-1-3-9(7)5-6/h3-6,18,26H,1-2H3,(H,24,27)(H,25,28);6-7H,1-5H2. The fraction of sp³-hybridized carbons (Fsp3) is 0.423. The highest BCUT2D eigenvalue weighted by Crippen LogP contribution is 2.47. The molecule has 2 saturated heterocycles. The molecule has 3 aromatic heterocycles. The molecule has 3 aliphatic rings. The first-order valence-electron chi connectivity index (χ1n) is 12.6. The Morgan fingerprint density at radius 2 is 2.03 bits per heavy atom. The first-order valence-corrected chi connectivity index (χ1v) is 13.4. The van der Waals surface area contributed by atoms with Crippen molar-refractivity contribution < 1.29 is 27.1 Å². The zero-order valence-electron chi connectivity index (χ0n) is 21.2. The average Bonchev–Trinajstić information content (AvgIpc) is 3.65. The molecule has 3 atom stereocenters. The van der Waals surface area contributed by atoms with Gasteiger partial charge in [0.15, 0.2) is 0 Å². The van der Waals surface area contributed by atoms with Gasteiger partial charge in [-0.15, -0.1) is 11.3 Å². The topological polar surface area (TPSA) is 95.2 Å². The van der Waals surface area contributed by atoms with Gasteiger partial charge in [-0.05, 0) is 50.4 Å². The average molecular weight is 563 g/mol. The highest BCUT2D eigenvalue weighted by Gasteiger charge is 2.39. The summed E-state index contributed by atoms with van der Waals surface area (Å²) >= 11 is 1.17. The van der Waals surface area contributed by atoms with Gasteiger partial charge in [-0.3, -0.25) is 19.8 Å². The fourth-order valence-electron chi connectivity index (χ4n) is 5.86. The van der Waals surface area contributed by atoms with Crippen LogP contribution in [0.15, 0.2) is 24.5 Å². The van der Waals surface area contributed by atoms with Crippen LogP contribution >= 0.6 is 11.3 Å². The van der Waals surface area contributed by atoms with E-state index >= 15 is 0 Å². The number of nitrogens with zero attached hydrogens (tertiary/aromatic N) is 3. The lowest BCUT2D eigenvalue weighted by atomic mass is 9.94. The van der Waals surface area contributed by atoms with Gasteiger partial charge in [0, 0.05) is 42.2 Å². The predicted octanol–water partition coefficient (Wildman–Crippen LogP) is 5.44. The lowest BCUT2D eigenvalue weighted by Gasteiger charge is -2.23. The second-order valence-corrected chi connectivity index (χ2v) is 11.0. The summed E-state index contributed by atoms with van der Waals surface area (Å²) in [6.07, 6.45) is 0.267. The highest BCUT2D eigenvalue weighted by molar-refractivity contribution is 7.24. The van der Waals surface area contributed by atoms with Crippen molar-refractivity contribution in [3.05, 3.63) is 41.2 Å². The van der Waals surface area contributed by atoms with E-state index < -0.39 is 24.3 Å². The zero-order chi connectivity index (χ0) is 27.5. The maximum absolute atomic E-state index is 14.1. The Kier molecular flexibility index (Phi) is 6.47. The van der Waals surface area contributed by atoms with Gasteiger partial charge in [0.25, 0.3) is 5.91 Å². The molecule has 13 heteroatoms. The van der Waals surface area contributed by atoms with Crippen LogP contribution in [0.2, 0.25) is 0 Å². The third-order valence-corrected chi connectivity index (χ3v) is 8.66. The molecule has 3 aliphatic heterocycles. The van der Waals surface area contributed by atoms with Crippen molar-refractivity contribution in [2.45, 2.75) is 50.9 Å². The zero-order valence-corrected chi connectivity index (χ0v) is 22.0. The minimum atomic E-state index is -4.59. The molecule has 206 valence electrons. The van der Waals surface area contributed by atoms with Gasteiger partial charge in [-0.1, -0.05) is 0 Å². The largest absolute Gasteiger partial charge is 0.417 e. The van der Waals surface area contributed by atoms with Crippen LogP contribution in [0.5, 0.6) is 0 Å². The van der Waals surface area contributed by atoms with Crippen molar-refractivity contribution in [3.8, 4) is 11.3 Å². The van der Waals surface area contributed by atoms with Crippen molar-refractivity contribution in [1.29, 1.82) is 0 Å². The number of anilines is 1. The van der Waals surface area contributed by atoms with E-state index in [2.05, 4.69) is 30.7 Å². The molecule has 7 rings (SSSR count). The lowest BCUT2D eigenvalue weighted by molar-refractivity contribution is -0.137. The summed E-state index contributed by atoms with van der Waals surface area (Å²) in [5.74, 6) is -0.368. The van der Waals surface area contributed by atoms with Crippen LogP contribution < -0.4 is 10.6 Å². The Balaban J connectivity index is 0.000000258. The number of halogens is 4. The van der Waals surface area contributed by atoms with Gasteiger partial charge < -0.3 is 15.4 Å². The molecule has 3 unspecified atom stereocenters. The van der Waals surface area contributed by atoms with Gasteiger partial charge in [0.2, 0.25) is 6.35 Å². The van der Waals surface area contributed by atoms with Crippen LogP contribution in [0.3, 0.4) is 0 Å². The molecule has 0 bridgehead atoms. The second kappa shape index (κ2) is 9.72. The number of nitrogens with one attached hydrogen (secondary N) is 3. The summed E-state index contributed by atoms with van der Waals surface area (Å²) < 4.78 is 60.4. The van der Waals surface area contributed by atoms with E-state index in [9.17, 15) is 22.4 Å². The molecule has 3 N–H and O–H groups in total. The number of rotatable bonds is 2. The van der Waals surface area contributed by atoms with Gasteiger partial charge in [0.1, 0.15) is 11.2 Å². The number of amides is 1. The quantitative estimate of drug-likeness (QED) is 0.282. The molecule has 4 aromatic rings. The third kappa shape index (κ3) is 4.51. The van der Waals surface area contributed by atoms with Gasteiger partial charge in [-0.25, -0.2) is 4.39 Å². The van der Waals surface area contributed by atoms with Crippen molar-refractivity contribution in [2.75, 3.05) is 25.5 Å². The number of ether oxygens (including phenoxy) is 1. The van der Waals surface area contributed by atoms with E-state index in [0.717, 1.165) is 13.0 Å². The SMILES string of the molecule is COC1NC(=O)c2c(sc3c(-c4c(C(F)(F)F)c(C)cc5[nH]ncc45)nccc23)N1.FC1CC2CCCN2C1. The number of benzene rings is 1. The van der Waals surface area contributed by atoms with Crippen LogP contribution in [0.1, 0.15) is 40.7 Å². The number of carbonyl (C=O) groups excluding carboxylic acids is 1. The number of thiophene rings is 1. The van der Waals surface area contributed by atoms with E-state index in [1.807, 2.05) is 0 Å². The van der Waals surface area contributed by atoms with Gasteiger partial charge in [0.05, 0.1) is 33.2 Å². The molecule has 39 heavy (non-hydrogen) atoms. The van der Waals surface area contributed by atoms with Crippen molar-refractivity contribution in [2.24, 2.45) is 0 Å². The summed E-state index contributed by atoms with van der Waals surface area (Å²) in [5, 5.41) is 13.7. The number of alkyl halides is 4. The summed E-state index contributed by atoms with van der Waals surface area (Å²) in [6.45, 7) is 3.26. The second-order valence-electron chi connectivity index (χ2n) is 9.97. The summed E-state index contributed by atoms with van der Waals surface area (Å²) in [7, 11) is 1.43. The van der Waals surface area contributed by atoms with E-state index in [1.54, 1.807) is 6.07 Å². The Morgan fingerprint density at radius 1 is 1.21 bits per heavy atom. The minimum Gasteiger partial charge on any atom is -0.344 e. The Morgan fingerprint density at radius 3 is 2.77 bits per heavy atom. The molecular formula is C26H26F4N6O2S. The maximum atomic E-state index is 14.1. The Labute approximate surface area is 224 Å². The van der Waals surface area contributed by atoms with E-state index in [0.29, 0.717) is 44.1 Å². The number of H-pyrrole nitrogens is 1. The molecular weight excluding hydrogens is 536 g/mol. The van der Waals surface area contributed by atoms with Gasteiger partial charge >= 0.3 is 6.18 Å². The number of aryl methyl sites for hydroxylation is 1. The molecule has 1 amide bonds. The van der Waals surface area contributed by atoms with Crippen LogP contribution in [0.25, 0.3) is 32.2 Å². The van der Waals surface area contributed by atoms with Crippen LogP contribution in [0.4, 0.5) is 22.6 Å². The van der Waals surface area contributed by atoms with Crippen LogP contribution in [0, 0.1) is 6.92 Å². The van der Waals surface area contributed by atoms with E-state index in [-0.39, 0.29) is 22.7 Å². The molecule has 0 spiro atoms. The monoisotopic (exact) mass is 562 g/mol. The predicted molar refractivity (Wildman–Crippen MR) is 140 cm³/mol. The number of carbonyl (C=O) groups is 1. The molecule has 0 radical (unpaired) electrons. The van der Waals surface area contributed by atoms with Crippen LogP contribution in [-0.2, 0) is 10.9 Å². The number of methoxy groups -OCH3 is 1. The number of hydrogen-bond acceptors (Lipinski definition) is 7. The number of aromatic nitrogens is 3. The molecule has 1 aromatic carbocycles. The van der Waals surface area contributed by atoms with E-state index in [4.69, 9.17) is 4.74 Å². The Hall–Kier alpha value is -3.29. The minimum absolute atomic E-state index is 0.0563. The van der Waals surface area contributed by atoms with E-state index in [1.165, 1.54) is 56.7 Å². The van der Waals surface area contributed by atoms with Crippen LogP contribution in [-0.4, -0.2) is 64.8 Å². The number of hydrogen-bond donors (Lipinski definition) is 3.